The number of hydrogen-bond acceptors (Lipinski definition) is 9. The van der Waals surface area contributed by atoms with Crippen LogP contribution in [0.25, 0.3) is 10.8 Å². The van der Waals surface area contributed by atoms with Crippen LogP contribution in [0.2, 0.25) is 0 Å². The molecule has 3 aromatic rings. The molecule has 0 spiro atoms. The summed E-state index contributed by atoms with van der Waals surface area (Å²) >= 11 is 0. The smallest absolute Gasteiger partial charge is 0.294 e. The van der Waals surface area contributed by atoms with Gasteiger partial charge in [-0.05, 0) is 42.5 Å². The minimum Gasteiger partial charge on any atom is -0.507 e. The molecule has 0 amide bonds. The molecule has 0 aliphatic rings. The molecule has 0 aliphatic carbocycles. The standard InChI is InChI=1S/C24H30N4O6S2.H3N/c1-3-5-13-28(14-6-4-2)35(30,31)22-10-8-7-9-20(22)26-27-24-19(25)12-11-17-15-18(36(32,33)34)16-21(29)23(17)24;/h7-12,15-16,29H,3-6,13-14,25H2,1-2H3,(H,32,33,34);1H3. The lowest BCUT2D eigenvalue weighted by Crippen LogP contribution is -2.33. The van der Waals surface area contributed by atoms with Gasteiger partial charge in [0, 0.05) is 19.2 Å². The first-order valence-corrected chi connectivity index (χ1v) is 14.4. The predicted molar refractivity (Wildman–Crippen MR) is 144 cm³/mol. The van der Waals surface area contributed by atoms with Crippen LogP contribution < -0.4 is 11.9 Å². The monoisotopic (exact) mass is 551 g/mol. The van der Waals surface area contributed by atoms with Crippen LogP contribution in [0.1, 0.15) is 39.5 Å². The van der Waals surface area contributed by atoms with E-state index in [4.69, 9.17) is 5.73 Å². The lowest BCUT2D eigenvalue weighted by Gasteiger charge is -2.22. The largest absolute Gasteiger partial charge is 0.507 e. The minimum absolute atomic E-state index is 0. The van der Waals surface area contributed by atoms with E-state index in [9.17, 15) is 26.5 Å². The fourth-order valence-corrected chi connectivity index (χ4v) is 5.87. The first-order chi connectivity index (χ1) is 17.0. The lowest BCUT2D eigenvalue weighted by molar-refractivity contribution is 0.395. The lowest BCUT2D eigenvalue weighted by atomic mass is 10.1. The molecular weight excluding hydrogens is 518 g/mol. The molecule has 0 bridgehead atoms. The Labute approximate surface area is 217 Å². The molecule has 202 valence electrons. The van der Waals surface area contributed by atoms with E-state index in [1.807, 2.05) is 13.8 Å². The number of anilines is 1. The summed E-state index contributed by atoms with van der Waals surface area (Å²) in [6, 6.07) is 11.2. The third-order valence-corrected chi connectivity index (χ3v) is 8.41. The second-order valence-electron chi connectivity index (χ2n) is 8.30. The van der Waals surface area contributed by atoms with Gasteiger partial charge in [0.2, 0.25) is 10.0 Å². The number of rotatable bonds is 11. The molecule has 0 saturated carbocycles. The van der Waals surface area contributed by atoms with Crippen molar-refractivity contribution >= 4 is 48.0 Å². The van der Waals surface area contributed by atoms with E-state index in [2.05, 4.69) is 10.2 Å². The van der Waals surface area contributed by atoms with Crippen LogP contribution in [0, 0.1) is 0 Å². The number of aromatic hydroxyl groups is 1. The molecule has 7 N–H and O–H groups in total. The molecule has 0 heterocycles. The van der Waals surface area contributed by atoms with Crippen molar-refractivity contribution in [1.29, 1.82) is 0 Å². The Balaban J connectivity index is 0.00000481. The highest BCUT2D eigenvalue weighted by Gasteiger charge is 2.26. The molecule has 0 saturated heterocycles. The van der Waals surface area contributed by atoms with Gasteiger partial charge >= 0.3 is 0 Å². The molecule has 3 rings (SSSR count). The van der Waals surface area contributed by atoms with Crippen molar-refractivity contribution in [3.05, 3.63) is 48.5 Å². The van der Waals surface area contributed by atoms with Gasteiger partial charge in [0.25, 0.3) is 10.1 Å². The second-order valence-corrected chi connectivity index (χ2v) is 11.6. The summed E-state index contributed by atoms with van der Waals surface area (Å²) in [6.07, 6.45) is 3.15. The summed E-state index contributed by atoms with van der Waals surface area (Å²) < 4.78 is 60.9. The molecule has 0 fully saturated rings. The number of sulfonamides is 1. The first-order valence-electron chi connectivity index (χ1n) is 11.5. The molecule has 0 radical (unpaired) electrons. The fraction of sp³-hybridized carbons (Fsp3) is 0.333. The first kappa shape index (κ1) is 30.1. The number of nitrogens with zero attached hydrogens (tertiary/aromatic N) is 3. The van der Waals surface area contributed by atoms with Gasteiger partial charge in [0.1, 0.15) is 22.0 Å². The number of unbranched alkanes of at least 4 members (excludes halogenated alkanes) is 2. The van der Waals surface area contributed by atoms with E-state index in [-0.39, 0.29) is 38.9 Å². The molecule has 13 heteroatoms. The van der Waals surface area contributed by atoms with E-state index in [0.29, 0.717) is 13.1 Å². The summed E-state index contributed by atoms with van der Waals surface area (Å²) in [4.78, 5) is -0.492. The van der Waals surface area contributed by atoms with Gasteiger partial charge in [-0.3, -0.25) is 4.55 Å². The van der Waals surface area contributed by atoms with Gasteiger partial charge in [-0.15, -0.1) is 10.2 Å². The summed E-state index contributed by atoms with van der Waals surface area (Å²) in [5, 5.41) is 19.2. The summed E-state index contributed by atoms with van der Waals surface area (Å²) in [5.41, 5.74) is 6.33. The van der Waals surface area contributed by atoms with Crippen molar-refractivity contribution in [2.45, 2.75) is 49.3 Å². The van der Waals surface area contributed by atoms with Crippen LogP contribution in [0.3, 0.4) is 0 Å². The highest BCUT2D eigenvalue weighted by molar-refractivity contribution is 7.89. The summed E-state index contributed by atoms with van der Waals surface area (Å²) in [5.74, 6) is -0.479. The third-order valence-electron chi connectivity index (χ3n) is 5.64. The molecule has 3 aromatic carbocycles. The zero-order valence-electron chi connectivity index (χ0n) is 20.8. The van der Waals surface area contributed by atoms with Gasteiger partial charge < -0.3 is 17.0 Å². The number of hydrogen-bond donors (Lipinski definition) is 4. The summed E-state index contributed by atoms with van der Waals surface area (Å²) in [7, 11) is -8.41. The van der Waals surface area contributed by atoms with E-state index in [1.54, 1.807) is 12.1 Å². The Bertz CT molecular complexity index is 1480. The van der Waals surface area contributed by atoms with E-state index in [0.717, 1.165) is 31.7 Å². The van der Waals surface area contributed by atoms with Crippen LogP contribution >= 0.6 is 0 Å². The van der Waals surface area contributed by atoms with Crippen molar-refractivity contribution in [3.63, 3.8) is 0 Å². The zero-order valence-corrected chi connectivity index (χ0v) is 22.5. The number of fused-ring (bicyclic) bond motifs is 1. The van der Waals surface area contributed by atoms with E-state index < -0.39 is 30.8 Å². The van der Waals surface area contributed by atoms with Crippen molar-refractivity contribution in [1.82, 2.24) is 10.5 Å². The number of benzene rings is 3. The highest BCUT2D eigenvalue weighted by Crippen LogP contribution is 2.41. The number of phenolic OH excluding ortho intramolecular Hbond substituents is 1. The topological polar surface area (TPSA) is 198 Å². The molecular formula is C24H33N5O6S2. The average molecular weight is 552 g/mol. The second kappa shape index (κ2) is 12.4. The van der Waals surface area contributed by atoms with Crippen LogP contribution in [-0.4, -0.2) is 43.9 Å². The molecule has 0 unspecified atom stereocenters. The van der Waals surface area contributed by atoms with Crippen molar-refractivity contribution in [3.8, 4) is 5.75 Å². The minimum atomic E-state index is -4.56. The van der Waals surface area contributed by atoms with Gasteiger partial charge in [-0.25, -0.2) is 8.42 Å². The van der Waals surface area contributed by atoms with E-state index in [1.165, 1.54) is 34.6 Å². The number of nitrogen functional groups attached to an aromatic ring is 1. The molecule has 37 heavy (non-hydrogen) atoms. The number of phenols is 1. The maximum absolute atomic E-state index is 13.5. The zero-order chi connectivity index (χ0) is 26.5. The number of nitrogens with two attached hydrogens (primary N) is 1. The Kier molecular flexibility index (Phi) is 10.1. The molecule has 11 nitrogen and oxygen atoms in total. The normalized spacial score (nSPS) is 12.3. The van der Waals surface area contributed by atoms with Crippen molar-refractivity contribution < 1.29 is 26.5 Å². The van der Waals surface area contributed by atoms with Crippen LogP contribution in [-0.2, 0) is 20.1 Å². The Morgan fingerprint density at radius 1 is 0.919 bits per heavy atom. The highest BCUT2D eigenvalue weighted by atomic mass is 32.2. The molecule has 0 aliphatic heterocycles. The Morgan fingerprint density at radius 2 is 1.54 bits per heavy atom. The van der Waals surface area contributed by atoms with E-state index >= 15 is 0 Å². The maximum atomic E-state index is 13.5. The average Bonchev–Trinajstić information content (AvgIpc) is 2.83. The van der Waals surface area contributed by atoms with Crippen LogP contribution in [0.4, 0.5) is 17.1 Å². The Morgan fingerprint density at radius 3 is 2.14 bits per heavy atom. The molecule has 0 atom stereocenters. The van der Waals surface area contributed by atoms with Crippen LogP contribution in [0.15, 0.2) is 68.6 Å². The van der Waals surface area contributed by atoms with Crippen molar-refractivity contribution in [2.75, 3.05) is 18.8 Å². The van der Waals surface area contributed by atoms with Crippen molar-refractivity contribution in [2.24, 2.45) is 10.2 Å². The summed E-state index contributed by atoms with van der Waals surface area (Å²) in [6.45, 7) is 4.78. The maximum Gasteiger partial charge on any atom is 0.294 e. The predicted octanol–water partition coefficient (Wildman–Crippen LogP) is 5.54. The SMILES string of the molecule is CCCCN(CCCC)S(=O)(=O)c1ccccc1N=Nc1c(N)ccc2cc(S(=O)(=O)O)cc(O)c12.N. The number of azo groups is 1. The fourth-order valence-electron chi connectivity index (χ4n) is 3.69. The van der Waals surface area contributed by atoms with Gasteiger partial charge in [-0.1, -0.05) is 44.9 Å². The van der Waals surface area contributed by atoms with Gasteiger partial charge in [-0.2, -0.15) is 12.7 Å². The van der Waals surface area contributed by atoms with Crippen LogP contribution in [0.5, 0.6) is 5.75 Å². The third kappa shape index (κ3) is 6.81. The quantitative estimate of drug-likeness (QED) is 0.135. The van der Waals surface area contributed by atoms with Gasteiger partial charge in [0.05, 0.1) is 16.0 Å². The van der Waals surface area contributed by atoms with Gasteiger partial charge in [0.15, 0.2) is 0 Å². The molecule has 0 aromatic heterocycles. The Hall–Kier alpha value is -3.10.